The van der Waals surface area contributed by atoms with Gasteiger partial charge in [-0.05, 0) is 18.2 Å². The summed E-state index contributed by atoms with van der Waals surface area (Å²) in [5.74, 6) is 0.424. The van der Waals surface area contributed by atoms with Crippen LogP contribution in [0.3, 0.4) is 0 Å². The molecule has 1 aromatic heterocycles. The minimum atomic E-state index is -0.899. The summed E-state index contributed by atoms with van der Waals surface area (Å²) >= 11 is 0. The van der Waals surface area contributed by atoms with Crippen molar-refractivity contribution in [3.8, 4) is 0 Å². The van der Waals surface area contributed by atoms with Crippen LogP contribution in [0, 0.1) is 0 Å². The van der Waals surface area contributed by atoms with E-state index in [0.29, 0.717) is 5.82 Å². The first-order valence-electron chi connectivity index (χ1n) is 7.90. The van der Waals surface area contributed by atoms with E-state index in [1.54, 1.807) is 12.3 Å². The van der Waals surface area contributed by atoms with Crippen LogP contribution in [0.15, 0.2) is 47.4 Å². The van der Waals surface area contributed by atoms with Gasteiger partial charge in [-0.15, -0.1) is 0 Å². The van der Waals surface area contributed by atoms with Crippen LogP contribution in [-0.2, 0) is 14.2 Å². The molecule has 3 rings (SSSR count). The fourth-order valence-corrected chi connectivity index (χ4v) is 2.84. The number of nitrogens with zero attached hydrogens (tertiary/aromatic N) is 2. The Bertz CT molecular complexity index is 751. The number of aliphatic hydroxyl groups is 1. The van der Waals surface area contributed by atoms with E-state index in [1.807, 2.05) is 30.3 Å². The van der Waals surface area contributed by atoms with Crippen LogP contribution in [0.5, 0.6) is 0 Å². The van der Waals surface area contributed by atoms with E-state index >= 15 is 0 Å². The fourth-order valence-electron chi connectivity index (χ4n) is 2.84. The van der Waals surface area contributed by atoms with Gasteiger partial charge < -0.3 is 24.6 Å². The van der Waals surface area contributed by atoms with Gasteiger partial charge in [0.15, 0.2) is 6.23 Å². The van der Waals surface area contributed by atoms with Gasteiger partial charge in [-0.3, -0.25) is 4.57 Å². The summed E-state index contributed by atoms with van der Waals surface area (Å²) in [7, 11) is 2.98. The number of rotatable bonds is 6. The largest absolute Gasteiger partial charge is 0.387 e. The van der Waals surface area contributed by atoms with Crippen LogP contribution in [0.2, 0.25) is 0 Å². The highest BCUT2D eigenvalue weighted by molar-refractivity contribution is 5.54. The molecule has 0 saturated carbocycles. The zero-order chi connectivity index (χ0) is 17.8. The van der Waals surface area contributed by atoms with E-state index in [2.05, 4.69) is 10.3 Å². The standard InChI is InChI=1S/C17H21N3O5/c1-23-10-12-14(21)15(24-2)16(25-12)20-9-8-13(19-17(20)22)18-11-6-4-3-5-7-11/h3-9,12,14-16,21H,10H2,1-2H3,(H,18,19,22)/t12-,14+,15?,16-/m1/s1. The van der Waals surface area contributed by atoms with Crippen molar-refractivity contribution in [1.82, 2.24) is 9.55 Å². The summed E-state index contributed by atoms with van der Waals surface area (Å²) < 4.78 is 17.4. The third-order valence-corrected chi connectivity index (χ3v) is 4.07. The molecule has 0 amide bonds. The maximum atomic E-state index is 12.4. The lowest BCUT2D eigenvalue weighted by Crippen LogP contribution is -2.37. The number of para-hydroxylation sites is 1. The molecule has 2 heterocycles. The summed E-state index contributed by atoms with van der Waals surface area (Å²) in [4.78, 5) is 16.4. The van der Waals surface area contributed by atoms with Gasteiger partial charge in [0.05, 0.1) is 6.61 Å². The molecular weight excluding hydrogens is 326 g/mol. The van der Waals surface area contributed by atoms with Crippen molar-refractivity contribution in [2.75, 3.05) is 26.1 Å². The molecule has 8 heteroatoms. The average molecular weight is 347 g/mol. The number of hydrogen-bond acceptors (Lipinski definition) is 7. The summed E-state index contributed by atoms with van der Waals surface area (Å²) in [5.41, 5.74) is 0.327. The molecule has 0 aliphatic carbocycles. The van der Waals surface area contributed by atoms with Crippen molar-refractivity contribution in [2.24, 2.45) is 0 Å². The molecule has 2 aromatic rings. The topological polar surface area (TPSA) is 94.8 Å². The SMILES string of the molecule is COC[C@H]1O[C@@H](n2ccc(Nc3ccccc3)nc2=O)C(OC)[C@H]1O. The number of aromatic nitrogens is 2. The predicted octanol–water partition coefficient (Wildman–Crippen LogP) is 0.907. The lowest BCUT2D eigenvalue weighted by Gasteiger charge is -2.20. The second-order valence-corrected chi connectivity index (χ2v) is 5.71. The van der Waals surface area contributed by atoms with Gasteiger partial charge in [-0.25, -0.2) is 4.79 Å². The van der Waals surface area contributed by atoms with Gasteiger partial charge >= 0.3 is 5.69 Å². The molecule has 4 atom stereocenters. The van der Waals surface area contributed by atoms with Crippen molar-refractivity contribution < 1.29 is 19.3 Å². The third kappa shape index (κ3) is 3.72. The van der Waals surface area contributed by atoms with Crippen molar-refractivity contribution >= 4 is 11.5 Å². The van der Waals surface area contributed by atoms with Gasteiger partial charge in [0.25, 0.3) is 0 Å². The number of aliphatic hydroxyl groups excluding tert-OH is 1. The Hall–Kier alpha value is -2.26. The Balaban J connectivity index is 1.82. The third-order valence-electron chi connectivity index (χ3n) is 4.07. The molecular formula is C17H21N3O5. The number of nitrogens with one attached hydrogen (secondary N) is 1. The summed E-state index contributed by atoms with van der Waals surface area (Å²) in [6.45, 7) is 0.202. The molecule has 0 radical (unpaired) electrons. The van der Waals surface area contributed by atoms with Crippen LogP contribution in [0.4, 0.5) is 11.5 Å². The first kappa shape index (κ1) is 17.6. The van der Waals surface area contributed by atoms with Gasteiger partial charge in [-0.1, -0.05) is 18.2 Å². The van der Waals surface area contributed by atoms with Gasteiger partial charge in [0.1, 0.15) is 24.1 Å². The van der Waals surface area contributed by atoms with Crippen molar-refractivity contribution in [3.05, 3.63) is 53.1 Å². The molecule has 25 heavy (non-hydrogen) atoms. The Kier molecular flexibility index (Phi) is 5.44. The molecule has 1 fully saturated rings. The second kappa shape index (κ2) is 7.75. The number of anilines is 2. The number of benzene rings is 1. The minimum Gasteiger partial charge on any atom is -0.387 e. The van der Waals surface area contributed by atoms with Crippen LogP contribution in [0.1, 0.15) is 6.23 Å². The van der Waals surface area contributed by atoms with E-state index in [9.17, 15) is 9.90 Å². The van der Waals surface area contributed by atoms with Crippen molar-refractivity contribution in [1.29, 1.82) is 0 Å². The van der Waals surface area contributed by atoms with Crippen LogP contribution in [-0.4, -0.2) is 53.8 Å². The second-order valence-electron chi connectivity index (χ2n) is 5.71. The Morgan fingerprint density at radius 1 is 1.28 bits per heavy atom. The van der Waals surface area contributed by atoms with Crippen molar-refractivity contribution in [2.45, 2.75) is 24.5 Å². The minimum absolute atomic E-state index is 0.202. The van der Waals surface area contributed by atoms with Gasteiger partial charge in [0.2, 0.25) is 0 Å². The Morgan fingerprint density at radius 3 is 2.68 bits per heavy atom. The molecule has 8 nitrogen and oxygen atoms in total. The maximum absolute atomic E-state index is 12.4. The quantitative estimate of drug-likeness (QED) is 0.802. The summed E-state index contributed by atoms with van der Waals surface area (Å²) in [6.07, 6.45) is -1.37. The highest BCUT2D eigenvalue weighted by Gasteiger charge is 2.45. The zero-order valence-corrected chi connectivity index (χ0v) is 14.0. The molecule has 1 aliphatic rings. The molecule has 1 aliphatic heterocycles. The molecule has 0 spiro atoms. The lowest BCUT2D eigenvalue weighted by atomic mass is 10.1. The van der Waals surface area contributed by atoms with E-state index in [4.69, 9.17) is 14.2 Å². The first-order valence-corrected chi connectivity index (χ1v) is 7.90. The summed E-state index contributed by atoms with van der Waals surface area (Å²) in [6, 6.07) is 11.1. The maximum Gasteiger partial charge on any atom is 0.351 e. The highest BCUT2D eigenvalue weighted by atomic mass is 16.6. The monoisotopic (exact) mass is 347 g/mol. The molecule has 1 saturated heterocycles. The molecule has 2 N–H and O–H groups in total. The van der Waals surface area contributed by atoms with E-state index in [1.165, 1.54) is 18.8 Å². The normalized spacial score (nSPS) is 25.9. The number of methoxy groups -OCH3 is 2. The van der Waals surface area contributed by atoms with Crippen LogP contribution >= 0.6 is 0 Å². The van der Waals surface area contributed by atoms with E-state index < -0.39 is 30.2 Å². The van der Waals surface area contributed by atoms with Gasteiger partial charge in [0, 0.05) is 26.1 Å². The summed E-state index contributed by atoms with van der Waals surface area (Å²) in [5, 5.41) is 13.3. The van der Waals surface area contributed by atoms with Crippen LogP contribution in [0.25, 0.3) is 0 Å². The Labute approximate surface area is 145 Å². The lowest BCUT2D eigenvalue weighted by molar-refractivity contribution is -0.0668. The smallest absolute Gasteiger partial charge is 0.351 e. The first-order chi connectivity index (χ1) is 12.1. The molecule has 0 bridgehead atoms. The molecule has 1 unspecified atom stereocenters. The van der Waals surface area contributed by atoms with E-state index in [-0.39, 0.29) is 6.61 Å². The van der Waals surface area contributed by atoms with E-state index in [0.717, 1.165) is 5.69 Å². The molecule has 1 aromatic carbocycles. The van der Waals surface area contributed by atoms with Crippen molar-refractivity contribution in [3.63, 3.8) is 0 Å². The van der Waals surface area contributed by atoms with Gasteiger partial charge in [-0.2, -0.15) is 4.98 Å². The Morgan fingerprint density at radius 2 is 2.04 bits per heavy atom. The zero-order valence-electron chi connectivity index (χ0n) is 14.0. The number of hydrogen-bond donors (Lipinski definition) is 2. The predicted molar refractivity (Wildman–Crippen MR) is 90.8 cm³/mol. The fraction of sp³-hybridized carbons (Fsp3) is 0.412. The number of ether oxygens (including phenoxy) is 3. The average Bonchev–Trinajstić information content (AvgIpc) is 2.92. The highest BCUT2D eigenvalue weighted by Crippen LogP contribution is 2.30. The van der Waals surface area contributed by atoms with Crippen LogP contribution < -0.4 is 11.0 Å². The molecule has 134 valence electrons.